The van der Waals surface area contributed by atoms with Crippen LogP contribution < -0.4 is 0 Å². The normalized spacial score (nSPS) is 15.7. The minimum absolute atomic E-state index is 0.0761. The van der Waals surface area contributed by atoms with Crippen LogP contribution in [0.15, 0.2) is 0 Å². The average molecular weight is 194 g/mol. The molecule has 2 atom stereocenters. The lowest BCUT2D eigenvalue weighted by Crippen LogP contribution is -2.28. The molecule has 5 nitrogen and oxygen atoms in total. The summed E-state index contributed by atoms with van der Waals surface area (Å²) in [5, 5.41) is 17.4. The number of aliphatic hydroxyl groups excluding tert-OH is 2. The zero-order valence-electron chi connectivity index (χ0n) is 8.10. The summed E-state index contributed by atoms with van der Waals surface area (Å²) < 4.78 is 14.9. The Labute approximate surface area is 78.2 Å². The van der Waals surface area contributed by atoms with Crippen molar-refractivity contribution in [3.05, 3.63) is 0 Å². The number of rotatable bonds is 8. The third-order valence-electron chi connectivity index (χ3n) is 1.68. The van der Waals surface area contributed by atoms with Gasteiger partial charge in [0.1, 0.15) is 12.2 Å². The molecule has 80 valence electrons. The lowest BCUT2D eigenvalue weighted by Gasteiger charge is -2.16. The van der Waals surface area contributed by atoms with Crippen molar-refractivity contribution >= 4 is 0 Å². The fraction of sp³-hybridized carbons (Fsp3) is 1.00. The SMILES string of the molecule is COC(CO)COCC(CO)OC. The molecule has 5 heteroatoms. The van der Waals surface area contributed by atoms with Gasteiger partial charge in [0.05, 0.1) is 26.4 Å². The molecule has 0 aliphatic carbocycles. The van der Waals surface area contributed by atoms with Crippen LogP contribution in [0.3, 0.4) is 0 Å². The van der Waals surface area contributed by atoms with Gasteiger partial charge in [-0.25, -0.2) is 0 Å². The molecule has 2 N–H and O–H groups in total. The predicted molar refractivity (Wildman–Crippen MR) is 46.6 cm³/mol. The Morgan fingerprint density at radius 3 is 1.54 bits per heavy atom. The number of methoxy groups -OCH3 is 2. The fourth-order valence-corrected chi connectivity index (χ4v) is 0.721. The fourth-order valence-electron chi connectivity index (χ4n) is 0.721. The maximum Gasteiger partial charge on any atom is 0.103 e. The third-order valence-corrected chi connectivity index (χ3v) is 1.68. The molecule has 0 aliphatic heterocycles. The summed E-state index contributed by atoms with van der Waals surface area (Å²) >= 11 is 0. The van der Waals surface area contributed by atoms with E-state index in [2.05, 4.69) is 0 Å². The summed E-state index contributed by atoms with van der Waals surface area (Å²) in [5.74, 6) is 0. The first-order valence-electron chi connectivity index (χ1n) is 4.13. The van der Waals surface area contributed by atoms with E-state index in [9.17, 15) is 0 Å². The van der Waals surface area contributed by atoms with Gasteiger partial charge in [-0.15, -0.1) is 0 Å². The Morgan fingerprint density at radius 1 is 0.923 bits per heavy atom. The summed E-state index contributed by atoms with van der Waals surface area (Å²) in [5.41, 5.74) is 0. The summed E-state index contributed by atoms with van der Waals surface area (Å²) in [6.07, 6.45) is -0.618. The Morgan fingerprint density at radius 2 is 1.31 bits per heavy atom. The van der Waals surface area contributed by atoms with E-state index in [0.717, 1.165) is 0 Å². The number of aliphatic hydroxyl groups is 2. The van der Waals surface area contributed by atoms with E-state index in [4.69, 9.17) is 24.4 Å². The van der Waals surface area contributed by atoms with Crippen LogP contribution in [0.1, 0.15) is 0 Å². The molecule has 0 saturated heterocycles. The summed E-state index contributed by atoms with van der Waals surface area (Å²) in [6.45, 7) is 0.445. The Kier molecular flexibility index (Phi) is 8.27. The second kappa shape index (κ2) is 8.40. The maximum atomic E-state index is 8.72. The highest BCUT2D eigenvalue weighted by atomic mass is 16.6. The van der Waals surface area contributed by atoms with E-state index in [1.54, 1.807) is 0 Å². The Bertz CT molecular complexity index is 88.7. The molecule has 0 fully saturated rings. The van der Waals surface area contributed by atoms with Crippen LogP contribution in [-0.2, 0) is 14.2 Å². The molecule has 0 radical (unpaired) electrons. The highest BCUT2D eigenvalue weighted by Gasteiger charge is 2.09. The topological polar surface area (TPSA) is 68.2 Å². The zero-order valence-corrected chi connectivity index (χ0v) is 8.10. The van der Waals surface area contributed by atoms with Crippen LogP contribution in [-0.4, -0.2) is 63.1 Å². The summed E-state index contributed by atoms with van der Waals surface area (Å²) in [6, 6.07) is 0. The van der Waals surface area contributed by atoms with E-state index in [-0.39, 0.29) is 25.4 Å². The van der Waals surface area contributed by atoms with E-state index in [0.29, 0.717) is 13.2 Å². The maximum absolute atomic E-state index is 8.72. The van der Waals surface area contributed by atoms with Crippen molar-refractivity contribution in [2.75, 3.05) is 40.6 Å². The molecule has 0 bridgehead atoms. The molecule has 0 spiro atoms. The van der Waals surface area contributed by atoms with Crippen LogP contribution in [0.4, 0.5) is 0 Å². The molecule has 0 rings (SSSR count). The molecular formula is C8H18O5. The third kappa shape index (κ3) is 5.95. The number of hydrogen-bond acceptors (Lipinski definition) is 5. The van der Waals surface area contributed by atoms with Crippen LogP contribution in [0.25, 0.3) is 0 Å². The lowest BCUT2D eigenvalue weighted by atomic mass is 10.4. The van der Waals surface area contributed by atoms with Crippen molar-refractivity contribution < 1.29 is 24.4 Å². The number of ether oxygens (including phenoxy) is 3. The molecule has 0 amide bonds. The van der Waals surface area contributed by atoms with Gasteiger partial charge in [-0.1, -0.05) is 0 Å². The second-order valence-corrected chi connectivity index (χ2v) is 2.62. The van der Waals surface area contributed by atoms with Crippen molar-refractivity contribution in [3.63, 3.8) is 0 Å². The van der Waals surface area contributed by atoms with Gasteiger partial charge in [0.25, 0.3) is 0 Å². The summed E-state index contributed by atoms with van der Waals surface area (Å²) in [4.78, 5) is 0. The molecule has 2 unspecified atom stereocenters. The van der Waals surface area contributed by atoms with Crippen molar-refractivity contribution in [3.8, 4) is 0 Å². The standard InChI is InChI=1S/C8H18O5/c1-11-7(3-9)5-13-6-8(4-10)12-2/h7-10H,3-6H2,1-2H3. The Balaban J connectivity index is 3.41. The first-order chi connectivity index (χ1) is 6.28. The molecule has 0 aliphatic rings. The van der Waals surface area contributed by atoms with Gasteiger partial charge in [0, 0.05) is 14.2 Å². The van der Waals surface area contributed by atoms with Gasteiger partial charge in [-0.05, 0) is 0 Å². The van der Waals surface area contributed by atoms with E-state index >= 15 is 0 Å². The molecule has 13 heavy (non-hydrogen) atoms. The van der Waals surface area contributed by atoms with Gasteiger partial charge in [-0.2, -0.15) is 0 Å². The van der Waals surface area contributed by atoms with Crippen molar-refractivity contribution in [1.29, 1.82) is 0 Å². The quantitative estimate of drug-likeness (QED) is 0.519. The van der Waals surface area contributed by atoms with Crippen molar-refractivity contribution in [2.24, 2.45) is 0 Å². The van der Waals surface area contributed by atoms with Crippen LogP contribution in [0, 0.1) is 0 Å². The van der Waals surface area contributed by atoms with Crippen molar-refractivity contribution in [2.45, 2.75) is 12.2 Å². The van der Waals surface area contributed by atoms with Gasteiger partial charge in [-0.3, -0.25) is 0 Å². The van der Waals surface area contributed by atoms with Gasteiger partial charge in [0.2, 0.25) is 0 Å². The van der Waals surface area contributed by atoms with E-state index in [1.165, 1.54) is 14.2 Å². The predicted octanol–water partition coefficient (Wildman–Crippen LogP) is -0.982. The van der Waals surface area contributed by atoms with E-state index < -0.39 is 0 Å². The summed E-state index contributed by atoms with van der Waals surface area (Å²) in [7, 11) is 3.01. The van der Waals surface area contributed by atoms with Gasteiger partial charge in [0.15, 0.2) is 0 Å². The minimum atomic E-state index is -0.309. The van der Waals surface area contributed by atoms with Crippen LogP contribution in [0.2, 0.25) is 0 Å². The van der Waals surface area contributed by atoms with Gasteiger partial charge >= 0.3 is 0 Å². The first kappa shape index (κ1) is 12.8. The highest BCUT2D eigenvalue weighted by molar-refractivity contribution is 4.56. The molecule has 0 heterocycles. The largest absolute Gasteiger partial charge is 0.394 e. The monoisotopic (exact) mass is 194 g/mol. The second-order valence-electron chi connectivity index (χ2n) is 2.62. The van der Waals surface area contributed by atoms with Crippen molar-refractivity contribution in [1.82, 2.24) is 0 Å². The average Bonchev–Trinajstić information content (AvgIpc) is 2.19. The molecule has 0 aromatic rings. The highest BCUT2D eigenvalue weighted by Crippen LogP contribution is 1.94. The van der Waals surface area contributed by atoms with Crippen LogP contribution in [0.5, 0.6) is 0 Å². The molecular weight excluding hydrogens is 176 g/mol. The van der Waals surface area contributed by atoms with Gasteiger partial charge < -0.3 is 24.4 Å². The van der Waals surface area contributed by atoms with Crippen LogP contribution >= 0.6 is 0 Å². The minimum Gasteiger partial charge on any atom is -0.394 e. The smallest absolute Gasteiger partial charge is 0.103 e. The molecule has 0 saturated carbocycles. The molecule has 0 aromatic carbocycles. The molecule has 0 aromatic heterocycles. The first-order valence-corrected chi connectivity index (χ1v) is 4.13. The lowest BCUT2D eigenvalue weighted by molar-refractivity contribution is -0.0606. The Hall–Kier alpha value is -0.200. The zero-order chi connectivity index (χ0) is 10.1. The van der Waals surface area contributed by atoms with E-state index in [1.807, 2.05) is 0 Å². The number of hydrogen-bond donors (Lipinski definition) is 2.